The fourth-order valence-electron chi connectivity index (χ4n) is 3.37. The lowest BCUT2D eigenvalue weighted by atomic mass is 10.1. The Bertz CT molecular complexity index is 1380. The van der Waals surface area contributed by atoms with Crippen molar-refractivity contribution in [3.8, 4) is 0 Å². The molecule has 0 saturated heterocycles. The minimum Gasteiger partial charge on any atom is -0.331 e. The van der Waals surface area contributed by atoms with E-state index in [1.807, 2.05) is 30.3 Å². The summed E-state index contributed by atoms with van der Waals surface area (Å²) in [5.41, 5.74) is 5.29. The maximum Gasteiger partial charge on any atom is 0.279 e. The molecular weight excluding hydrogens is 482 g/mol. The van der Waals surface area contributed by atoms with E-state index in [9.17, 15) is 13.2 Å². The Labute approximate surface area is 201 Å². The molecule has 0 fully saturated rings. The first-order valence-electron chi connectivity index (χ1n) is 9.66. The molecule has 4 rings (SSSR count). The number of nitrogens with two attached hydrogens (primary N) is 1. The molecule has 168 valence electrons. The van der Waals surface area contributed by atoms with Crippen LogP contribution >= 0.6 is 23.8 Å². The van der Waals surface area contributed by atoms with E-state index in [1.165, 1.54) is 18.2 Å². The molecule has 0 aromatic heterocycles. The van der Waals surface area contributed by atoms with Crippen molar-refractivity contribution in [3.63, 3.8) is 0 Å². The van der Waals surface area contributed by atoms with Crippen LogP contribution in [0.25, 0.3) is 0 Å². The fourth-order valence-corrected chi connectivity index (χ4v) is 4.37. The highest BCUT2D eigenvalue weighted by molar-refractivity contribution is 7.89. The van der Waals surface area contributed by atoms with Gasteiger partial charge in [-0.3, -0.25) is 10.2 Å². The Balaban J connectivity index is 1.56. The highest BCUT2D eigenvalue weighted by atomic mass is 35.5. The predicted molar refractivity (Wildman–Crippen MR) is 133 cm³/mol. The number of hydrogen-bond acceptors (Lipinski definition) is 5. The highest BCUT2D eigenvalue weighted by Crippen LogP contribution is 2.37. The number of carbonyl (C=O) groups excluding carboxylic acids is 1. The van der Waals surface area contributed by atoms with Crippen LogP contribution in [0.2, 0.25) is 5.02 Å². The van der Waals surface area contributed by atoms with E-state index in [1.54, 1.807) is 29.2 Å². The Morgan fingerprint density at radius 3 is 2.52 bits per heavy atom. The van der Waals surface area contributed by atoms with Gasteiger partial charge >= 0.3 is 0 Å². The maximum atomic E-state index is 13.2. The van der Waals surface area contributed by atoms with Gasteiger partial charge in [0.25, 0.3) is 5.91 Å². The molecule has 0 radical (unpaired) electrons. The highest BCUT2D eigenvalue weighted by Gasteiger charge is 2.36. The summed E-state index contributed by atoms with van der Waals surface area (Å²) in [5, 5.41) is 12.7. The Morgan fingerprint density at radius 2 is 1.79 bits per heavy atom. The van der Waals surface area contributed by atoms with Gasteiger partial charge in [-0.05, 0) is 42.0 Å². The van der Waals surface area contributed by atoms with Gasteiger partial charge in [-0.25, -0.2) is 13.6 Å². The number of hydrazone groups is 1. The zero-order valence-electron chi connectivity index (χ0n) is 17.0. The molecule has 8 nitrogen and oxygen atoms in total. The number of primary sulfonamides is 1. The van der Waals surface area contributed by atoms with Gasteiger partial charge in [0.1, 0.15) is 0 Å². The van der Waals surface area contributed by atoms with Gasteiger partial charge in [0, 0.05) is 11.3 Å². The SMILES string of the molecule is NS(=O)(=O)c1cccc(NC(=S)NN=C2C(=O)N(Cc3ccccc3)c3c(Cl)cccc32)c1. The molecule has 0 aliphatic carbocycles. The lowest BCUT2D eigenvalue weighted by Crippen LogP contribution is -2.32. The van der Waals surface area contributed by atoms with Crippen LogP contribution in [0, 0.1) is 0 Å². The molecule has 1 aliphatic rings. The summed E-state index contributed by atoms with van der Waals surface area (Å²) in [6.07, 6.45) is 0. The molecular formula is C22H18ClN5O3S2. The van der Waals surface area contributed by atoms with Crippen LogP contribution in [-0.2, 0) is 21.4 Å². The average molecular weight is 500 g/mol. The second-order valence-corrected chi connectivity index (χ2v) is 9.49. The third kappa shape index (κ3) is 5.04. The van der Waals surface area contributed by atoms with Crippen molar-refractivity contribution < 1.29 is 13.2 Å². The molecule has 4 N–H and O–H groups in total. The van der Waals surface area contributed by atoms with Crippen molar-refractivity contribution in [1.29, 1.82) is 0 Å². The second-order valence-electron chi connectivity index (χ2n) is 7.11. The van der Waals surface area contributed by atoms with E-state index in [2.05, 4.69) is 15.8 Å². The number of carbonyl (C=O) groups is 1. The van der Waals surface area contributed by atoms with Gasteiger partial charge in [0.15, 0.2) is 10.8 Å². The first kappa shape index (κ1) is 22.9. The molecule has 3 aromatic carbocycles. The van der Waals surface area contributed by atoms with Gasteiger partial charge in [-0.15, -0.1) is 0 Å². The van der Waals surface area contributed by atoms with E-state index >= 15 is 0 Å². The summed E-state index contributed by atoms with van der Waals surface area (Å²) in [6.45, 7) is 0.332. The number of anilines is 2. The van der Waals surface area contributed by atoms with E-state index in [0.29, 0.717) is 28.5 Å². The Morgan fingerprint density at radius 1 is 1.06 bits per heavy atom. The number of halogens is 1. The van der Waals surface area contributed by atoms with E-state index < -0.39 is 10.0 Å². The van der Waals surface area contributed by atoms with Crippen molar-refractivity contribution in [3.05, 3.63) is 88.9 Å². The molecule has 0 bridgehead atoms. The van der Waals surface area contributed by atoms with Crippen LogP contribution in [0.4, 0.5) is 11.4 Å². The Kier molecular flexibility index (Phi) is 6.43. The quantitative estimate of drug-likeness (QED) is 0.366. The molecule has 33 heavy (non-hydrogen) atoms. The summed E-state index contributed by atoms with van der Waals surface area (Å²) in [4.78, 5) is 14.7. The summed E-state index contributed by atoms with van der Waals surface area (Å²) in [6, 6.07) is 20.6. The number of sulfonamides is 1. The van der Waals surface area contributed by atoms with E-state index in [4.69, 9.17) is 29.0 Å². The number of hydrogen-bond donors (Lipinski definition) is 3. The predicted octanol–water partition coefficient (Wildman–Crippen LogP) is 3.22. The number of nitrogens with zero attached hydrogens (tertiary/aromatic N) is 2. The van der Waals surface area contributed by atoms with E-state index in [-0.39, 0.29) is 21.6 Å². The maximum absolute atomic E-state index is 13.2. The molecule has 0 atom stereocenters. The third-order valence-electron chi connectivity index (χ3n) is 4.83. The van der Waals surface area contributed by atoms with Crippen molar-refractivity contribution in [2.24, 2.45) is 10.2 Å². The number of amides is 1. The monoisotopic (exact) mass is 499 g/mol. The van der Waals surface area contributed by atoms with Crippen LogP contribution < -0.4 is 20.8 Å². The van der Waals surface area contributed by atoms with Crippen molar-refractivity contribution in [2.45, 2.75) is 11.4 Å². The number of para-hydroxylation sites is 1. The normalized spacial score (nSPS) is 14.3. The van der Waals surface area contributed by atoms with Crippen molar-refractivity contribution in [1.82, 2.24) is 5.43 Å². The molecule has 11 heteroatoms. The van der Waals surface area contributed by atoms with E-state index in [0.717, 1.165) is 5.56 Å². The van der Waals surface area contributed by atoms with Gasteiger partial charge in [-0.1, -0.05) is 60.1 Å². The average Bonchev–Trinajstić information content (AvgIpc) is 3.04. The molecule has 1 aliphatic heterocycles. The topological polar surface area (TPSA) is 117 Å². The molecule has 0 unspecified atom stereocenters. The smallest absolute Gasteiger partial charge is 0.279 e. The molecule has 1 heterocycles. The van der Waals surface area contributed by atoms with Crippen LogP contribution in [0.5, 0.6) is 0 Å². The standard InChI is InChI=1S/C22H18ClN5O3S2/c23-18-11-5-10-17-19(21(29)28(20(17)18)13-14-6-2-1-3-7-14)26-27-22(32)25-15-8-4-9-16(12-15)33(24,30)31/h1-12H,13H2,(H2,24,30,31)(H2,25,27,32). The summed E-state index contributed by atoms with van der Waals surface area (Å²) in [7, 11) is -3.86. The first-order valence-corrected chi connectivity index (χ1v) is 12.0. The summed E-state index contributed by atoms with van der Waals surface area (Å²) < 4.78 is 23.1. The fraction of sp³-hybridized carbons (Fsp3) is 0.0455. The van der Waals surface area contributed by atoms with Crippen LogP contribution in [0.15, 0.2) is 82.8 Å². The minimum atomic E-state index is -3.86. The number of thiocarbonyl (C=S) groups is 1. The van der Waals surface area contributed by atoms with Gasteiger partial charge in [0.2, 0.25) is 10.0 Å². The molecule has 3 aromatic rings. The summed E-state index contributed by atoms with van der Waals surface area (Å²) in [5.74, 6) is -0.325. The van der Waals surface area contributed by atoms with Gasteiger partial charge in [-0.2, -0.15) is 5.10 Å². The molecule has 0 spiro atoms. The largest absolute Gasteiger partial charge is 0.331 e. The molecule has 0 saturated carbocycles. The van der Waals surface area contributed by atoms with Crippen LogP contribution in [0.3, 0.4) is 0 Å². The number of nitrogens with one attached hydrogen (secondary N) is 2. The van der Waals surface area contributed by atoms with Crippen LogP contribution in [-0.4, -0.2) is 25.1 Å². The molecule has 1 amide bonds. The second kappa shape index (κ2) is 9.28. The van der Waals surface area contributed by atoms with Crippen LogP contribution in [0.1, 0.15) is 11.1 Å². The lowest BCUT2D eigenvalue weighted by molar-refractivity contribution is -0.112. The van der Waals surface area contributed by atoms with Crippen molar-refractivity contribution >= 4 is 61.9 Å². The zero-order valence-corrected chi connectivity index (χ0v) is 19.4. The third-order valence-corrected chi connectivity index (χ3v) is 6.24. The minimum absolute atomic E-state index is 0.0620. The summed E-state index contributed by atoms with van der Waals surface area (Å²) >= 11 is 11.7. The zero-order chi connectivity index (χ0) is 23.6. The van der Waals surface area contributed by atoms with Gasteiger partial charge < -0.3 is 10.2 Å². The Hall–Kier alpha value is -3.31. The number of fused-ring (bicyclic) bond motifs is 1. The first-order chi connectivity index (χ1) is 15.7. The number of rotatable bonds is 5. The number of benzene rings is 3. The lowest BCUT2D eigenvalue weighted by Gasteiger charge is -2.18. The van der Waals surface area contributed by atoms with Crippen molar-refractivity contribution in [2.75, 3.05) is 10.2 Å². The van der Waals surface area contributed by atoms with Gasteiger partial charge in [0.05, 0.1) is 22.2 Å².